The fraction of sp³-hybridized carbons (Fsp3) is 0.538. The van der Waals surface area contributed by atoms with Gasteiger partial charge in [-0.05, 0) is 18.6 Å². The maximum absolute atomic E-state index is 11.0. The van der Waals surface area contributed by atoms with Gasteiger partial charge in [0.25, 0.3) is 0 Å². The van der Waals surface area contributed by atoms with Gasteiger partial charge in [0, 0.05) is 6.07 Å². The Hall–Kier alpha value is -1.70. The minimum Gasteiger partial charge on any atom is -0.478 e. The lowest BCUT2D eigenvalue weighted by atomic mass is 10.1. The Balaban J connectivity index is 1.81. The van der Waals surface area contributed by atoms with E-state index in [0.717, 1.165) is 5.56 Å². The van der Waals surface area contributed by atoms with Gasteiger partial charge in [0.2, 0.25) is 0 Å². The average Bonchev–Trinajstić information content (AvgIpc) is 2.94. The Morgan fingerprint density at radius 1 is 1.35 bits per heavy atom. The van der Waals surface area contributed by atoms with E-state index in [1.807, 2.05) is 6.92 Å². The van der Waals surface area contributed by atoms with Crippen LogP contribution >= 0.6 is 0 Å². The number of aryl methyl sites for hydroxylation is 1. The smallest absolute Gasteiger partial charge is 0.310 e. The Kier molecular flexibility index (Phi) is 3.33. The van der Waals surface area contributed by atoms with Gasteiger partial charge in [-0.2, -0.15) is 0 Å². The van der Waals surface area contributed by atoms with E-state index >= 15 is 0 Å². The van der Waals surface area contributed by atoms with Crippen molar-refractivity contribution >= 4 is 5.69 Å². The molecule has 0 amide bonds. The molecule has 3 rings (SSSR count). The molecular formula is C13H15NO6. The van der Waals surface area contributed by atoms with Crippen LogP contribution in [-0.4, -0.2) is 47.7 Å². The van der Waals surface area contributed by atoms with Crippen LogP contribution in [0.4, 0.5) is 5.69 Å². The molecule has 0 saturated carbocycles. The molecule has 20 heavy (non-hydrogen) atoms. The lowest BCUT2D eigenvalue weighted by Gasteiger charge is -2.18. The first-order chi connectivity index (χ1) is 9.56. The molecule has 2 aliphatic heterocycles. The van der Waals surface area contributed by atoms with Gasteiger partial charge in [-0.15, -0.1) is 0 Å². The first kappa shape index (κ1) is 13.3. The van der Waals surface area contributed by atoms with E-state index in [0.29, 0.717) is 0 Å². The molecule has 1 N–H and O–H groups in total. The number of aliphatic hydroxyl groups is 1. The van der Waals surface area contributed by atoms with E-state index in [2.05, 4.69) is 0 Å². The number of nitro groups is 1. The second kappa shape index (κ2) is 5.01. The molecule has 0 aliphatic carbocycles. The number of benzene rings is 1. The Labute approximate surface area is 115 Å². The van der Waals surface area contributed by atoms with E-state index < -0.39 is 23.2 Å². The monoisotopic (exact) mass is 281 g/mol. The van der Waals surface area contributed by atoms with Crippen molar-refractivity contribution in [2.24, 2.45) is 0 Å². The molecule has 1 aromatic rings. The first-order valence-corrected chi connectivity index (χ1v) is 6.39. The van der Waals surface area contributed by atoms with Crippen LogP contribution in [0.2, 0.25) is 0 Å². The zero-order chi connectivity index (χ0) is 14.3. The van der Waals surface area contributed by atoms with Gasteiger partial charge in [0.05, 0.1) is 18.1 Å². The van der Waals surface area contributed by atoms with Crippen LogP contribution in [0.15, 0.2) is 18.2 Å². The number of hydrogen-bond donors (Lipinski definition) is 1. The minimum absolute atomic E-state index is 0.0856. The molecule has 0 bridgehead atoms. The van der Waals surface area contributed by atoms with Gasteiger partial charge in [0.15, 0.2) is 11.9 Å². The zero-order valence-electron chi connectivity index (χ0n) is 10.9. The predicted octanol–water partition coefficient (Wildman–Crippen LogP) is 0.809. The maximum atomic E-state index is 11.0. The summed E-state index contributed by atoms with van der Waals surface area (Å²) in [4.78, 5) is 10.5. The van der Waals surface area contributed by atoms with Crippen molar-refractivity contribution in [3.63, 3.8) is 0 Å². The van der Waals surface area contributed by atoms with Crippen LogP contribution in [0.1, 0.15) is 5.56 Å². The summed E-state index contributed by atoms with van der Waals surface area (Å²) in [5, 5.41) is 20.7. The van der Waals surface area contributed by atoms with Crippen LogP contribution in [0.25, 0.3) is 0 Å². The largest absolute Gasteiger partial charge is 0.478 e. The number of fused-ring (bicyclic) bond motifs is 1. The third kappa shape index (κ3) is 2.24. The molecule has 0 spiro atoms. The molecule has 4 atom stereocenters. The van der Waals surface area contributed by atoms with Crippen molar-refractivity contribution in [1.29, 1.82) is 0 Å². The highest BCUT2D eigenvalue weighted by Crippen LogP contribution is 2.34. The van der Waals surface area contributed by atoms with E-state index in [1.165, 1.54) is 6.07 Å². The molecule has 108 valence electrons. The molecule has 2 aliphatic rings. The third-order valence-corrected chi connectivity index (χ3v) is 3.57. The average molecular weight is 281 g/mol. The second-order valence-corrected chi connectivity index (χ2v) is 5.05. The van der Waals surface area contributed by atoms with Gasteiger partial charge in [-0.25, -0.2) is 0 Å². The fourth-order valence-corrected chi connectivity index (χ4v) is 2.57. The number of nitro benzene ring substituents is 1. The molecule has 2 fully saturated rings. The molecule has 1 aromatic carbocycles. The van der Waals surface area contributed by atoms with Crippen molar-refractivity contribution in [3.05, 3.63) is 33.9 Å². The summed E-state index contributed by atoms with van der Waals surface area (Å²) < 4.78 is 16.6. The first-order valence-electron chi connectivity index (χ1n) is 6.39. The molecule has 2 heterocycles. The van der Waals surface area contributed by atoms with Gasteiger partial charge in [-0.1, -0.05) is 6.07 Å². The highest BCUT2D eigenvalue weighted by atomic mass is 16.6. The van der Waals surface area contributed by atoms with Crippen molar-refractivity contribution in [3.8, 4) is 5.75 Å². The maximum Gasteiger partial charge on any atom is 0.310 e. The summed E-state index contributed by atoms with van der Waals surface area (Å²) in [6, 6.07) is 4.70. The molecule has 0 aromatic heterocycles. The van der Waals surface area contributed by atoms with Crippen LogP contribution in [0.5, 0.6) is 5.75 Å². The summed E-state index contributed by atoms with van der Waals surface area (Å²) in [6.07, 6.45) is -1.91. The summed E-state index contributed by atoms with van der Waals surface area (Å²) in [7, 11) is 0. The van der Waals surface area contributed by atoms with Crippen LogP contribution in [0.3, 0.4) is 0 Å². The van der Waals surface area contributed by atoms with Crippen LogP contribution in [-0.2, 0) is 9.47 Å². The predicted molar refractivity (Wildman–Crippen MR) is 67.7 cm³/mol. The van der Waals surface area contributed by atoms with E-state index in [-0.39, 0.29) is 30.8 Å². The highest BCUT2D eigenvalue weighted by molar-refractivity contribution is 5.48. The Morgan fingerprint density at radius 2 is 2.10 bits per heavy atom. The lowest BCUT2D eigenvalue weighted by Crippen LogP contribution is -2.34. The Morgan fingerprint density at radius 3 is 2.85 bits per heavy atom. The summed E-state index contributed by atoms with van der Waals surface area (Å²) in [6.45, 7) is 2.28. The topological polar surface area (TPSA) is 91.1 Å². The summed E-state index contributed by atoms with van der Waals surface area (Å²) >= 11 is 0. The van der Waals surface area contributed by atoms with Crippen molar-refractivity contribution in [1.82, 2.24) is 0 Å². The van der Waals surface area contributed by atoms with Gasteiger partial charge in [-0.3, -0.25) is 10.1 Å². The standard InChI is InChI=1S/C13H15NO6/c1-7-2-3-8(14(16)17)10(4-7)20-11-6-19-12-9(15)5-18-13(11)12/h2-4,9,11-13,15H,5-6H2,1H3. The molecule has 4 unspecified atom stereocenters. The third-order valence-electron chi connectivity index (χ3n) is 3.57. The van der Waals surface area contributed by atoms with Crippen LogP contribution in [0, 0.1) is 17.0 Å². The molecule has 0 radical (unpaired) electrons. The van der Waals surface area contributed by atoms with Crippen molar-refractivity contribution in [2.75, 3.05) is 13.2 Å². The minimum atomic E-state index is -0.666. The summed E-state index contributed by atoms with van der Waals surface area (Å²) in [5.41, 5.74) is 0.783. The normalized spacial score (nSPS) is 32.1. The van der Waals surface area contributed by atoms with E-state index in [9.17, 15) is 15.2 Å². The fourth-order valence-electron chi connectivity index (χ4n) is 2.57. The van der Waals surface area contributed by atoms with E-state index in [1.54, 1.807) is 12.1 Å². The highest BCUT2D eigenvalue weighted by Gasteiger charge is 2.48. The van der Waals surface area contributed by atoms with Crippen molar-refractivity contribution < 1.29 is 24.2 Å². The van der Waals surface area contributed by atoms with Gasteiger partial charge in [0.1, 0.15) is 18.3 Å². The number of nitrogens with zero attached hydrogens (tertiary/aromatic N) is 1. The summed E-state index contributed by atoms with van der Waals surface area (Å²) in [5.74, 6) is 0.203. The second-order valence-electron chi connectivity index (χ2n) is 5.05. The lowest BCUT2D eigenvalue weighted by molar-refractivity contribution is -0.386. The molecule has 2 saturated heterocycles. The molecular weight excluding hydrogens is 266 g/mol. The molecule has 7 nitrogen and oxygen atoms in total. The SMILES string of the molecule is Cc1ccc([N+](=O)[O-])c(OC2COC3C(O)COC23)c1. The van der Waals surface area contributed by atoms with E-state index in [4.69, 9.17) is 14.2 Å². The van der Waals surface area contributed by atoms with Gasteiger partial charge < -0.3 is 19.3 Å². The van der Waals surface area contributed by atoms with Crippen molar-refractivity contribution in [2.45, 2.75) is 31.3 Å². The quantitative estimate of drug-likeness (QED) is 0.651. The van der Waals surface area contributed by atoms with Gasteiger partial charge >= 0.3 is 5.69 Å². The number of aliphatic hydroxyl groups excluding tert-OH is 1. The zero-order valence-corrected chi connectivity index (χ0v) is 10.9. The van der Waals surface area contributed by atoms with Crippen LogP contribution < -0.4 is 4.74 Å². The number of ether oxygens (including phenoxy) is 3. The Bertz CT molecular complexity index is 534. The number of hydrogen-bond acceptors (Lipinski definition) is 6. The molecule has 7 heteroatoms. The number of rotatable bonds is 3.